The summed E-state index contributed by atoms with van der Waals surface area (Å²) in [6.07, 6.45) is 11.8. The zero-order valence-electron chi connectivity index (χ0n) is 26.0. The number of benzene rings is 1. The van der Waals surface area contributed by atoms with Crippen LogP contribution in [0.3, 0.4) is 0 Å². The highest BCUT2D eigenvalue weighted by atomic mass is 16.5. The van der Waals surface area contributed by atoms with Gasteiger partial charge in [-0.3, -0.25) is 4.79 Å². The molecule has 3 N–H and O–H groups in total. The van der Waals surface area contributed by atoms with Crippen LogP contribution in [0.1, 0.15) is 78.0 Å². The third-order valence-corrected chi connectivity index (χ3v) is 7.61. The Morgan fingerprint density at radius 2 is 1.83 bits per heavy atom. The molecule has 8 nitrogen and oxygen atoms in total. The number of ketones is 1. The van der Waals surface area contributed by atoms with E-state index in [2.05, 4.69) is 38.7 Å². The van der Waals surface area contributed by atoms with Crippen LogP contribution in [0.15, 0.2) is 36.5 Å². The summed E-state index contributed by atoms with van der Waals surface area (Å²) in [5, 5.41) is 1.08. The van der Waals surface area contributed by atoms with Crippen molar-refractivity contribution in [3.05, 3.63) is 42.4 Å². The Hall–Kier alpha value is -3.10. The van der Waals surface area contributed by atoms with E-state index in [4.69, 9.17) is 4.74 Å². The first kappa shape index (κ1) is 34.1. The maximum Gasteiger partial charge on any atom is 0.223 e. The zero-order valence-corrected chi connectivity index (χ0v) is 26.0. The van der Waals surface area contributed by atoms with Crippen molar-refractivity contribution in [3.63, 3.8) is 0 Å². The van der Waals surface area contributed by atoms with Gasteiger partial charge in [-0.05, 0) is 57.3 Å². The van der Waals surface area contributed by atoms with Gasteiger partial charge in [-0.15, -0.1) is 0 Å². The molecule has 8 heteroatoms. The van der Waals surface area contributed by atoms with Crippen LogP contribution in [0, 0.1) is 11.3 Å². The maximum absolute atomic E-state index is 11.3. The molecule has 0 unspecified atom stereocenters. The van der Waals surface area contributed by atoms with Crippen molar-refractivity contribution in [1.29, 1.82) is 0 Å². The lowest BCUT2D eigenvalue weighted by atomic mass is 9.58. The number of H-pyrrole nitrogens is 1. The Morgan fingerprint density at radius 1 is 1.15 bits per heavy atom. The summed E-state index contributed by atoms with van der Waals surface area (Å²) in [4.78, 5) is 36.4. The Labute approximate surface area is 246 Å². The largest absolute Gasteiger partial charge is 0.480 e. The molecule has 0 bridgehead atoms. The molecule has 1 aromatic carbocycles. The number of carbonyl (C=O) groups is 2. The molecule has 2 aromatic heterocycles. The summed E-state index contributed by atoms with van der Waals surface area (Å²) in [5.74, 6) is 2.34. The number of hydrogen-bond acceptors (Lipinski definition) is 7. The average Bonchev–Trinajstić information content (AvgIpc) is 3.46. The Kier molecular flexibility index (Phi) is 14.7. The number of Topliss-reactive ketones (excluding diaryl/α,β-unsaturated/α-hetero) is 1. The monoisotopic (exact) mass is 565 g/mol. The van der Waals surface area contributed by atoms with Gasteiger partial charge in [-0.2, -0.15) is 0 Å². The molecule has 1 aliphatic carbocycles. The summed E-state index contributed by atoms with van der Waals surface area (Å²) in [6, 6.07) is 10.1. The molecule has 0 radical (unpaired) electrons. The van der Waals surface area contributed by atoms with E-state index in [1.165, 1.54) is 20.1 Å². The van der Waals surface area contributed by atoms with E-state index in [0.29, 0.717) is 29.4 Å². The number of ether oxygens (including phenoxy) is 1. The van der Waals surface area contributed by atoms with Crippen LogP contribution in [-0.2, 0) is 16.0 Å². The highest BCUT2D eigenvalue weighted by Crippen LogP contribution is 2.50. The summed E-state index contributed by atoms with van der Waals surface area (Å²) in [7, 11) is 5.28. The van der Waals surface area contributed by atoms with Crippen LogP contribution in [0.25, 0.3) is 22.2 Å². The average molecular weight is 566 g/mol. The topological polar surface area (TPSA) is 114 Å². The lowest BCUT2D eigenvalue weighted by Crippen LogP contribution is -2.60. The molecular weight excluding hydrogens is 514 g/mol. The molecule has 41 heavy (non-hydrogen) atoms. The fraction of sp³-hybridized carbons (Fsp3) is 0.576. The molecule has 1 aliphatic heterocycles. The third-order valence-electron chi connectivity index (χ3n) is 7.61. The SMILES string of the molecule is CC.CCC(=O)CCCCCCc1ncc(-c2cc3ccccc3nc2OC)[nH]1.CN.CN1CC2(CC(C=O)C2)C1. The fourth-order valence-corrected chi connectivity index (χ4v) is 5.72. The summed E-state index contributed by atoms with van der Waals surface area (Å²) in [6.45, 7) is 8.37. The Bertz CT molecular complexity index is 1190. The van der Waals surface area contributed by atoms with Crippen molar-refractivity contribution in [2.24, 2.45) is 17.1 Å². The van der Waals surface area contributed by atoms with Crippen LogP contribution in [0.2, 0.25) is 0 Å². The van der Waals surface area contributed by atoms with E-state index in [0.717, 1.165) is 85.6 Å². The van der Waals surface area contributed by atoms with E-state index in [-0.39, 0.29) is 0 Å². The third kappa shape index (κ3) is 9.75. The van der Waals surface area contributed by atoms with Crippen LogP contribution in [0.5, 0.6) is 5.88 Å². The summed E-state index contributed by atoms with van der Waals surface area (Å²) in [5.41, 5.74) is 7.85. The first-order valence-corrected chi connectivity index (χ1v) is 15.2. The van der Waals surface area contributed by atoms with Crippen molar-refractivity contribution in [1.82, 2.24) is 19.9 Å². The number of nitrogens with two attached hydrogens (primary N) is 1. The van der Waals surface area contributed by atoms with E-state index in [1.807, 2.05) is 51.2 Å². The van der Waals surface area contributed by atoms with Crippen LogP contribution < -0.4 is 10.5 Å². The number of aryl methyl sites for hydroxylation is 1. The first-order chi connectivity index (χ1) is 19.9. The number of aromatic amines is 1. The molecular formula is C33H51N5O3. The molecule has 5 rings (SSSR count). The van der Waals surface area contributed by atoms with Gasteiger partial charge >= 0.3 is 0 Å². The van der Waals surface area contributed by atoms with Crippen molar-refractivity contribution in [2.75, 3.05) is 34.3 Å². The number of aromatic nitrogens is 3. The molecule has 0 amide bonds. The second-order valence-corrected chi connectivity index (χ2v) is 10.8. The van der Waals surface area contributed by atoms with Gasteiger partial charge in [0.25, 0.3) is 0 Å². The molecule has 1 saturated heterocycles. The molecule has 1 saturated carbocycles. The van der Waals surface area contributed by atoms with Crippen molar-refractivity contribution < 1.29 is 14.3 Å². The minimum atomic E-state index is 0.364. The molecule has 2 fully saturated rings. The number of para-hydroxylation sites is 1. The van der Waals surface area contributed by atoms with Gasteiger partial charge in [0.15, 0.2) is 0 Å². The molecule has 2 aliphatic rings. The van der Waals surface area contributed by atoms with Gasteiger partial charge in [0.1, 0.15) is 17.9 Å². The highest BCUT2D eigenvalue weighted by Gasteiger charge is 2.50. The second-order valence-electron chi connectivity index (χ2n) is 10.8. The Balaban J connectivity index is 0.000000347. The minimum Gasteiger partial charge on any atom is -0.480 e. The number of nitrogens with one attached hydrogen (secondary N) is 1. The van der Waals surface area contributed by atoms with Gasteiger partial charge in [-0.25, -0.2) is 9.97 Å². The van der Waals surface area contributed by atoms with E-state index >= 15 is 0 Å². The standard InChI is InChI=1S/C22H27N3O2.C8H13NO.C2H6.CH5N/c1-3-17(26)11-6-4-5-7-13-21-23-15-20(24-21)18-14-16-10-8-9-12-19(16)25-22(18)27-2;1-9-5-8(6-9)2-7(3-8)4-10;2*1-2/h8-10,12,14-15H,3-7,11,13H2,1-2H3,(H,23,24);4,7H,2-3,5-6H2,1H3;1-2H3;2H2,1H3. The van der Waals surface area contributed by atoms with Crippen molar-refractivity contribution >= 4 is 23.0 Å². The summed E-state index contributed by atoms with van der Waals surface area (Å²) < 4.78 is 5.48. The number of hydrogen-bond donors (Lipinski definition) is 2. The Morgan fingerprint density at radius 3 is 2.46 bits per heavy atom. The number of carbonyl (C=O) groups excluding carboxylic acids is 2. The molecule has 1 spiro atoms. The van der Waals surface area contributed by atoms with Crippen LogP contribution >= 0.6 is 0 Å². The smallest absolute Gasteiger partial charge is 0.223 e. The first-order valence-electron chi connectivity index (χ1n) is 15.2. The van der Waals surface area contributed by atoms with Gasteiger partial charge in [0.2, 0.25) is 5.88 Å². The van der Waals surface area contributed by atoms with E-state index in [1.54, 1.807) is 7.11 Å². The van der Waals surface area contributed by atoms with Gasteiger partial charge in [0, 0.05) is 43.7 Å². The summed E-state index contributed by atoms with van der Waals surface area (Å²) >= 11 is 0. The lowest BCUT2D eigenvalue weighted by Gasteiger charge is -2.57. The van der Waals surface area contributed by atoms with E-state index < -0.39 is 0 Å². The number of methoxy groups -OCH3 is 1. The van der Waals surface area contributed by atoms with Crippen molar-refractivity contribution in [2.45, 2.75) is 78.6 Å². The number of likely N-dealkylation sites (tertiary alicyclic amines) is 1. The molecule has 3 heterocycles. The molecule has 0 atom stereocenters. The van der Waals surface area contributed by atoms with Gasteiger partial charge in [-0.1, -0.05) is 51.8 Å². The second kappa shape index (κ2) is 17.7. The van der Waals surface area contributed by atoms with Gasteiger partial charge < -0.3 is 25.1 Å². The van der Waals surface area contributed by atoms with Crippen LogP contribution in [-0.4, -0.2) is 66.2 Å². The van der Waals surface area contributed by atoms with Crippen LogP contribution in [0.4, 0.5) is 0 Å². The number of pyridine rings is 1. The molecule has 226 valence electrons. The van der Waals surface area contributed by atoms with Gasteiger partial charge in [0.05, 0.1) is 30.1 Å². The predicted octanol–water partition coefficient (Wildman–Crippen LogP) is 6.23. The molecule has 3 aromatic rings. The number of unbranched alkanes of at least 4 members (excludes halogenated alkanes) is 3. The number of aldehydes is 1. The lowest BCUT2D eigenvalue weighted by molar-refractivity contribution is -0.128. The predicted molar refractivity (Wildman–Crippen MR) is 168 cm³/mol. The quantitative estimate of drug-likeness (QED) is 0.209. The minimum absolute atomic E-state index is 0.364. The zero-order chi connectivity index (χ0) is 30.3. The number of nitrogens with zero attached hydrogens (tertiary/aromatic N) is 3. The highest BCUT2D eigenvalue weighted by molar-refractivity contribution is 5.85. The van der Waals surface area contributed by atoms with Crippen molar-refractivity contribution in [3.8, 4) is 17.1 Å². The fourth-order valence-electron chi connectivity index (χ4n) is 5.72. The maximum atomic E-state index is 11.3. The number of rotatable bonds is 11. The number of imidazole rings is 1. The normalized spacial score (nSPS) is 15.2. The van der Waals surface area contributed by atoms with E-state index in [9.17, 15) is 9.59 Å². The number of fused-ring (bicyclic) bond motifs is 1.